The number of nitriles is 1. The quantitative estimate of drug-likeness (QED) is 0.924. The largest absolute Gasteiger partial charge is 0.344 e. The molecule has 4 nitrogen and oxygen atoms in total. The van der Waals surface area contributed by atoms with Gasteiger partial charge in [-0.1, -0.05) is 18.2 Å². The Labute approximate surface area is 135 Å². The van der Waals surface area contributed by atoms with E-state index in [4.69, 9.17) is 0 Å². The van der Waals surface area contributed by atoms with Crippen molar-refractivity contribution in [3.63, 3.8) is 0 Å². The second-order valence-corrected chi connectivity index (χ2v) is 5.80. The molecule has 0 saturated carbocycles. The van der Waals surface area contributed by atoms with E-state index in [1.54, 1.807) is 6.20 Å². The van der Waals surface area contributed by atoms with E-state index < -0.39 is 0 Å². The number of nitrogens with one attached hydrogen (secondary N) is 1. The summed E-state index contributed by atoms with van der Waals surface area (Å²) in [5, 5.41) is 12.4. The molecule has 2 aromatic rings. The van der Waals surface area contributed by atoms with E-state index in [1.807, 2.05) is 50.4 Å². The standard InChI is InChI=1S/C19H17N3O/c1-12-6-7-21-11-17(12)14-4-3-5-15(9-14)19-16(10-20)13(2)8-18(23)22-19/h3-7,9,11,19H,8H2,1-2H3,(H,22,23). The second kappa shape index (κ2) is 6.05. The molecular weight excluding hydrogens is 286 g/mol. The third kappa shape index (κ3) is 2.86. The van der Waals surface area contributed by atoms with Crippen molar-refractivity contribution in [2.45, 2.75) is 26.3 Å². The monoisotopic (exact) mass is 303 g/mol. The third-order valence-corrected chi connectivity index (χ3v) is 4.17. The van der Waals surface area contributed by atoms with Crippen molar-refractivity contribution < 1.29 is 4.79 Å². The summed E-state index contributed by atoms with van der Waals surface area (Å²) in [4.78, 5) is 16.1. The Bertz CT molecular complexity index is 846. The van der Waals surface area contributed by atoms with Gasteiger partial charge in [0.15, 0.2) is 0 Å². The number of aromatic nitrogens is 1. The molecule has 0 saturated heterocycles. The molecule has 114 valence electrons. The molecule has 23 heavy (non-hydrogen) atoms. The molecule has 1 unspecified atom stereocenters. The lowest BCUT2D eigenvalue weighted by atomic mass is 9.89. The minimum absolute atomic E-state index is 0.0468. The minimum atomic E-state index is -0.377. The van der Waals surface area contributed by atoms with Crippen molar-refractivity contribution in [2.24, 2.45) is 0 Å². The van der Waals surface area contributed by atoms with Gasteiger partial charge in [-0.25, -0.2) is 0 Å². The molecule has 0 bridgehead atoms. The zero-order valence-corrected chi connectivity index (χ0v) is 13.1. The summed E-state index contributed by atoms with van der Waals surface area (Å²) in [6, 6.07) is 11.8. The van der Waals surface area contributed by atoms with Crippen LogP contribution in [0.25, 0.3) is 11.1 Å². The average Bonchev–Trinajstić information content (AvgIpc) is 2.55. The van der Waals surface area contributed by atoms with Crippen LogP contribution in [0.4, 0.5) is 0 Å². The molecule has 1 aromatic heterocycles. The molecule has 0 spiro atoms. The first kappa shape index (κ1) is 15.0. The fraction of sp³-hybridized carbons (Fsp3) is 0.211. The molecule has 1 aromatic carbocycles. The maximum absolute atomic E-state index is 11.9. The molecule has 0 fully saturated rings. The third-order valence-electron chi connectivity index (χ3n) is 4.17. The Balaban J connectivity index is 2.07. The molecule has 4 heteroatoms. The summed E-state index contributed by atoms with van der Waals surface area (Å²) < 4.78 is 0. The molecule has 1 amide bonds. The van der Waals surface area contributed by atoms with Crippen LogP contribution in [0, 0.1) is 18.3 Å². The smallest absolute Gasteiger partial charge is 0.224 e. The van der Waals surface area contributed by atoms with Gasteiger partial charge in [0.25, 0.3) is 0 Å². The number of carbonyl (C=O) groups excluding carboxylic acids is 1. The van der Waals surface area contributed by atoms with E-state index in [1.165, 1.54) is 0 Å². The van der Waals surface area contributed by atoms with Crippen molar-refractivity contribution in [1.82, 2.24) is 10.3 Å². The van der Waals surface area contributed by atoms with Crippen LogP contribution >= 0.6 is 0 Å². The molecule has 1 N–H and O–H groups in total. The Morgan fingerprint density at radius 3 is 2.87 bits per heavy atom. The van der Waals surface area contributed by atoms with Crippen LogP contribution in [0.15, 0.2) is 53.9 Å². The van der Waals surface area contributed by atoms with Gasteiger partial charge in [0.2, 0.25) is 5.91 Å². The maximum atomic E-state index is 11.9. The highest BCUT2D eigenvalue weighted by Gasteiger charge is 2.26. The molecule has 0 radical (unpaired) electrons. The number of pyridine rings is 1. The van der Waals surface area contributed by atoms with Crippen LogP contribution in [-0.2, 0) is 4.79 Å². The molecule has 1 aliphatic rings. The number of aryl methyl sites for hydroxylation is 1. The summed E-state index contributed by atoms with van der Waals surface area (Å²) >= 11 is 0. The summed E-state index contributed by atoms with van der Waals surface area (Å²) in [6.07, 6.45) is 3.89. The fourth-order valence-corrected chi connectivity index (χ4v) is 2.93. The van der Waals surface area contributed by atoms with Crippen molar-refractivity contribution in [3.8, 4) is 17.2 Å². The van der Waals surface area contributed by atoms with Crippen LogP contribution in [0.3, 0.4) is 0 Å². The van der Waals surface area contributed by atoms with Gasteiger partial charge in [0, 0.05) is 24.4 Å². The fourth-order valence-electron chi connectivity index (χ4n) is 2.93. The molecule has 1 atom stereocenters. The summed E-state index contributed by atoms with van der Waals surface area (Å²) in [6.45, 7) is 3.89. The number of benzene rings is 1. The van der Waals surface area contributed by atoms with Crippen LogP contribution in [0.5, 0.6) is 0 Å². The van der Waals surface area contributed by atoms with Gasteiger partial charge >= 0.3 is 0 Å². The highest BCUT2D eigenvalue weighted by molar-refractivity contribution is 5.82. The van der Waals surface area contributed by atoms with Crippen molar-refractivity contribution in [1.29, 1.82) is 5.26 Å². The van der Waals surface area contributed by atoms with Gasteiger partial charge in [-0.15, -0.1) is 0 Å². The number of rotatable bonds is 2. The van der Waals surface area contributed by atoms with Gasteiger partial charge in [0.1, 0.15) is 0 Å². The molecule has 2 heterocycles. The topological polar surface area (TPSA) is 65.8 Å². The second-order valence-electron chi connectivity index (χ2n) is 5.80. The molecular formula is C19H17N3O. The first-order valence-electron chi connectivity index (χ1n) is 7.50. The molecule has 3 rings (SSSR count). The minimum Gasteiger partial charge on any atom is -0.344 e. The zero-order chi connectivity index (χ0) is 16.4. The number of amides is 1. The lowest BCUT2D eigenvalue weighted by Gasteiger charge is -2.25. The predicted octanol–water partition coefficient (Wildman–Crippen LogP) is 3.46. The van der Waals surface area contributed by atoms with E-state index >= 15 is 0 Å². The summed E-state index contributed by atoms with van der Waals surface area (Å²) in [5.41, 5.74) is 5.60. The Morgan fingerprint density at radius 2 is 2.13 bits per heavy atom. The lowest BCUT2D eigenvalue weighted by molar-refractivity contribution is -0.121. The van der Waals surface area contributed by atoms with Gasteiger partial charge in [-0.3, -0.25) is 9.78 Å². The van der Waals surface area contributed by atoms with Gasteiger partial charge < -0.3 is 5.32 Å². The lowest BCUT2D eigenvalue weighted by Crippen LogP contribution is -2.34. The highest BCUT2D eigenvalue weighted by Crippen LogP contribution is 2.32. The van der Waals surface area contributed by atoms with E-state index in [0.717, 1.165) is 27.8 Å². The van der Waals surface area contributed by atoms with Gasteiger partial charge in [-0.2, -0.15) is 5.26 Å². The highest BCUT2D eigenvalue weighted by atomic mass is 16.1. The van der Waals surface area contributed by atoms with E-state index in [2.05, 4.69) is 16.4 Å². The molecule has 0 aliphatic carbocycles. The van der Waals surface area contributed by atoms with E-state index in [0.29, 0.717) is 12.0 Å². The summed E-state index contributed by atoms with van der Waals surface area (Å²) in [5.74, 6) is -0.0468. The maximum Gasteiger partial charge on any atom is 0.224 e. The van der Waals surface area contributed by atoms with E-state index in [9.17, 15) is 10.1 Å². The predicted molar refractivity (Wildman–Crippen MR) is 88.2 cm³/mol. The van der Waals surface area contributed by atoms with E-state index in [-0.39, 0.29) is 11.9 Å². The average molecular weight is 303 g/mol. The Morgan fingerprint density at radius 1 is 1.30 bits per heavy atom. The van der Waals surface area contributed by atoms with Gasteiger partial charge in [0.05, 0.1) is 17.7 Å². The normalized spacial score (nSPS) is 17.6. The number of hydrogen-bond donors (Lipinski definition) is 1. The SMILES string of the molecule is CC1=C(C#N)C(c2cccc(-c3cnccc3C)c2)NC(=O)C1. The van der Waals surface area contributed by atoms with Crippen LogP contribution < -0.4 is 5.32 Å². The first-order chi connectivity index (χ1) is 11.1. The summed E-state index contributed by atoms with van der Waals surface area (Å²) in [7, 11) is 0. The number of hydrogen-bond acceptors (Lipinski definition) is 3. The number of nitrogens with zero attached hydrogens (tertiary/aromatic N) is 2. The van der Waals surface area contributed by atoms with Crippen LogP contribution in [0.1, 0.15) is 30.5 Å². The van der Waals surface area contributed by atoms with Crippen molar-refractivity contribution in [3.05, 3.63) is 65.0 Å². The Kier molecular flexibility index (Phi) is 3.94. The number of carbonyl (C=O) groups is 1. The zero-order valence-electron chi connectivity index (χ0n) is 13.1. The Hall–Kier alpha value is -2.93. The molecule has 1 aliphatic heterocycles. The van der Waals surface area contributed by atoms with Gasteiger partial charge in [-0.05, 0) is 48.2 Å². The first-order valence-corrected chi connectivity index (χ1v) is 7.50. The van der Waals surface area contributed by atoms with Crippen molar-refractivity contribution >= 4 is 5.91 Å². The van der Waals surface area contributed by atoms with Crippen LogP contribution in [-0.4, -0.2) is 10.9 Å². The van der Waals surface area contributed by atoms with Crippen LogP contribution in [0.2, 0.25) is 0 Å². The van der Waals surface area contributed by atoms with Crippen molar-refractivity contribution in [2.75, 3.05) is 0 Å².